The van der Waals surface area contributed by atoms with Crippen molar-refractivity contribution in [3.05, 3.63) is 10.6 Å². The molecule has 4 aliphatic heterocycles. The van der Waals surface area contributed by atoms with Crippen LogP contribution in [0.25, 0.3) is 0 Å². The van der Waals surface area contributed by atoms with E-state index in [4.69, 9.17) is 17.2 Å². The van der Waals surface area contributed by atoms with Crippen molar-refractivity contribution in [2.45, 2.75) is 56.1 Å². The first-order valence-electron chi connectivity index (χ1n) is 12.1. The van der Waals surface area contributed by atoms with E-state index in [1.165, 1.54) is 16.7 Å². The summed E-state index contributed by atoms with van der Waals surface area (Å²) in [7, 11) is 0. The lowest BCUT2D eigenvalue weighted by molar-refractivity contribution is -0.158. The van der Waals surface area contributed by atoms with Crippen molar-refractivity contribution in [3.8, 4) is 0 Å². The normalized spacial score (nSPS) is 32.2. The van der Waals surface area contributed by atoms with Gasteiger partial charge in [-0.1, -0.05) is 6.92 Å². The molecule has 0 saturated carbocycles. The first-order chi connectivity index (χ1) is 17.0. The molecule has 3 amide bonds. The molecule has 3 fully saturated rings. The lowest BCUT2D eigenvalue weighted by atomic mass is 9.78. The molecule has 0 spiro atoms. The Balaban J connectivity index is 1.41. The van der Waals surface area contributed by atoms with Crippen molar-refractivity contribution in [2.24, 2.45) is 34.0 Å². The van der Waals surface area contributed by atoms with Crippen LogP contribution in [0.5, 0.6) is 0 Å². The van der Waals surface area contributed by atoms with Gasteiger partial charge in [0.15, 0.2) is 5.96 Å². The van der Waals surface area contributed by atoms with Gasteiger partial charge in [0, 0.05) is 47.8 Å². The van der Waals surface area contributed by atoms with Gasteiger partial charge in [0.25, 0.3) is 0 Å². The maximum Gasteiger partial charge on any atom is 0.353 e. The summed E-state index contributed by atoms with van der Waals surface area (Å²) in [5.74, 6) is -2.90. The number of hydrogen-bond acceptors (Lipinski definition) is 8. The molecule has 4 heterocycles. The molecule has 0 radical (unpaired) electrons. The molecule has 14 heteroatoms. The van der Waals surface area contributed by atoms with Gasteiger partial charge in [-0.2, -0.15) is 0 Å². The van der Waals surface area contributed by atoms with Crippen LogP contribution >= 0.6 is 11.8 Å². The molecule has 4 aliphatic rings. The smallest absolute Gasteiger partial charge is 0.353 e. The lowest BCUT2D eigenvalue weighted by Crippen LogP contribution is -2.66. The molecule has 4 rings (SSSR count). The number of carboxylic acid groups (broad SMARTS) is 1. The van der Waals surface area contributed by atoms with E-state index in [0.717, 1.165) is 6.42 Å². The Morgan fingerprint density at radius 3 is 2.67 bits per heavy atom. The fourth-order valence-corrected chi connectivity index (χ4v) is 7.10. The van der Waals surface area contributed by atoms with Crippen molar-refractivity contribution >= 4 is 41.4 Å². The maximum absolute atomic E-state index is 13.0. The topological polar surface area (TPSA) is 209 Å². The van der Waals surface area contributed by atoms with Crippen LogP contribution < -0.4 is 27.8 Å². The SMILES string of the molecule is C[C@@H](NC(=O)CN=C(N)N)[C@H]1C(=O)N2C(C(=O)O)=C(S[C@@H]3CN[C@H](C(=O)N4CC[C@@H](N)C4)C3)[C@H](C)[C@H]12. The molecule has 198 valence electrons. The zero-order valence-electron chi connectivity index (χ0n) is 20.3. The summed E-state index contributed by atoms with van der Waals surface area (Å²) in [4.78, 5) is 57.6. The lowest BCUT2D eigenvalue weighted by Gasteiger charge is -2.47. The highest BCUT2D eigenvalue weighted by molar-refractivity contribution is 8.03. The zero-order chi connectivity index (χ0) is 26.3. The monoisotopic (exact) mass is 522 g/mol. The van der Waals surface area contributed by atoms with Gasteiger partial charge >= 0.3 is 5.97 Å². The Bertz CT molecular complexity index is 1010. The molecule has 0 unspecified atom stereocenters. The molecule has 0 aromatic carbocycles. The van der Waals surface area contributed by atoms with E-state index in [-0.39, 0.29) is 59.3 Å². The molecule has 0 aliphatic carbocycles. The predicted octanol–water partition coefficient (Wildman–Crippen LogP) is -2.44. The summed E-state index contributed by atoms with van der Waals surface area (Å²) in [5, 5.41) is 16.0. The number of nitrogens with zero attached hydrogens (tertiary/aromatic N) is 3. The quantitative estimate of drug-likeness (QED) is 0.113. The third-order valence-corrected chi connectivity index (χ3v) is 8.85. The van der Waals surface area contributed by atoms with Gasteiger partial charge in [-0.15, -0.1) is 11.8 Å². The number of aliphatic carboxylic acids is 1. The van der Waals surface area contributed by atoms with Crippen molar-refractivity contribution in [1.29, 1.82) is 0 Å². The number of thioether (sulfide) groups is 1. The molecule has 0 bridgehead atoms. The number of nitrogens with two attached hydrogens (primary N) is 3. The predicted molar refractivity (Wildman–Crippen MR) is 133 cm³/mol. The average Bonchev–Trinajstić information content (AvgIpc) is 3.50. The zero-order valence-corrected chi connectivity index (χ0v) is 21.2. The number of amides is 3. The van der Waals surface area contributed by atoms with Crippen LogP contribution in [-0.2, 0) is 19.2 Å². The van der Waals surface area contributed by atoms with Gasteiger partial charge in [-0.25, -0.2) is 9.79 Å². The summed E-state index contributed by atoms with van der Waals surface area (Å²) in [5.41, 5.74) is 16.5. The van der Waals surface area contributed by atoms with Gasteiger partial charge in [-0.05, 0) is 19.8 Å². The van der Waals surface area contributed by atoms with E-state index in [0.29, 0.717) is 31.0 Å². The van der Waals surface area contributed by atoms with E-state index >= 15 is 0 Å². The van der Waals surface area contributed by atoms with Gasteiger partial charge in [-0.3, -0.25) is 14.4 Å². The number of carboxylic acids is 1. The highest BCUT2D eigenvalue weighted by Gasteiger charge is 2.60. The minimum Gasteiger partial charge on any atom is -0.477 e. The van der Waals surface area contributed by atoms with Gasteiger partial charge in [0.1, 0.15) is 12.2 Å². The van der Waals surface area contributed by atoms with Gasteiger partial charge < -0.3 is 42.7 Å². The molecule has 13 nitrogen and oxygen atoms in total. The Labute approximate surface area is 213 Å². The van der Waals surface area contributed by atoms with Crippen LogP contribution in [0.3, 0.4) is 0 Å². The number of guanidine groups is 1. The second kappa shape index (κ2) is 10.3. The number of nitrogens with one attached hydrogen (secondary N) is 2. The molecular weight excluding hydrogens is 488 g/mol. The Kier molecular flexibility index (Phi) is 7.48. The standard InChI is InChI=1S/C22H34N8O5S/c1-9-16-15(10(2)28-14(31)7-27-22(24)25)20(33)30(16)17(21(34)35)18(9)36-12-5-13(26-6-12)19(32)29-4-3-11(23)8-29/h9-13,15-16,26H,3-8,23H2,1-2H3,(H,28,31)(H,34,35)(H4,24,25,27)/t9-,10-,11-,12+,13+,15-,16-/m1/s1. The Morgan fingerprint density at radius 1 is 1.33 bits per heavy atom. The second-order valence-corrected chi connectivity index (χ2v) is 11.2. The van der Waals surface area contributed by atoms with E-state index in [1.54, 1.807) is 11.8 Å². The summed E-state index contributed by atoms with van der Waals surface area (Å²) in [6, 6.07) is -1.21. The third kappa shape index (κ3) is 4.89. The largest absolute Gasteiger partial charge is 0.477 e. The first-order valence-corrected chi connectivity index (χ1v) is 13.0. The number of rotatable bonds is 8. The number of β-lactam (4-membered cyclic amide) rings is 1. The number of aliphatic imine (C=N–C) groups is 1. The molecule has 36 heavy (non-hydrogen) atoms. The summed E-state index contributed by atoms with van der Waals surface area (Å²) in [6.45, 7) is 5.13. The van der Waals surface area contributed by atoms with Crippen molar-refractivity contribution in [3.63, 3.8) is 0 Å². The summed E-state index contributed by atoms with van der Waals surface area (Å²) >= 11 is 1.43. The minimum atomic E-state index is -1.16. The van der Waals surface area contributed by atoms with Crippen LogP contribution in [0.1, 0.15) is 26.7 Å². The number of carbonyl (C=O) groups is 4. The van der Waals surface area contributed by atoms with Crippen LogP contribution in [0, 0.1) is 11.8 Å². The highest BCUT2D eigenvalue weighted by atomic mass is 32.2. The van der Waals surface area contributed by atoms with E-state index in [1.807, 2.05) is 6.92 Å². The van der Waals surface area contributed by atoms with E-state index < -0.39 is 23.8 Å². The molecule has 0 aromatic heterocycles. The highest BCUT2D eigenvalue weighted by Crippen LogP contribution is 2.51. The molecule has 3 saturated heterocycles. The molecular formula is C22H34N8O5S. The maximum atomic E-state index is 13.0. The number of hydrogen-bond donors (Lipinski definition) is 6. The van der Waals surface area contributed by atoms with Crippen LogP contribution in [0.2, 0.25) is 0 Å². The Morgan fingerprint density at radius 2 is 2.06 bits per heavy atom. The fourth-order valence-electron chi connectivity index (χ4n) is 5.62. The van der Waals surface area contributed by atoms with E-state index in [2.05, 4.69) is 15.6 Å². The van der Waals surface area contributed by atoms with E-state index in [9.17, 15) is 24.3 Å². The van der Waals surface area contributed by atoms with Crippen LogP contribution in [0.15, 0.2) is 15.6 Å². The molecule has 9 N–H and O–H groups in total. The molecule has 7 atom stereocenters. The average molecular weight is 523 g/mol. The van der Waals surface area contributed by atoms with Gasteiger partial charge in [0.05, 0.1) is 18.0 Å². The number of fused-ring (bicyclic) bond motifs is 1. The minimum absolute atomic E-state index is 0.00178. The van der Waals surface area contributed by atoms with Crippen molar-refractivity contribution in [2.75, 3.05) is 26.2 Å². The van der Waals surface area contributed by atoms with Crippen LogP contribution in [0.4, 0.5) is 0 Å². The summed E-state index contributed by atoms with van der Waals surface area (Å²) in [6.07, 6.45) is 1.36. The van der Waals surface area contributed by atoms with Crippen molar-refractivity contribution < 1.29 is 24.3 Å². The van der Waals surface area contributed by atoms with Crippen LogP contribution in [-0.4, -0.2) is 100 Å². The Hall–Kier alpha value is -2.84. The van der Waals surface area contributed by atoms with Gasteiger partial charge in [0.2, 0.25) is 17.7 Å². The van der Waals surface area contributed by atoms with Crippen molar-refractivity contribution in [1.82, 2.24) is 20.4 Å². The number of likely N-dealkylation sites (tertiary alicyclic amines) is 1. The molecule has 0 aromatic rings. The first kappa shape index (κ1) is 26.2. The third-order valence-electron chi connectivity index (χ3n) is 7.34. The summed E-state index contributed by atoms with van der Waals surface area (Å²) < 4.78 is 0. The fraction of sp³-hybridized carbons (Fsp3) is 0.682. The second-order valence-electron chi connectivity index (χ2n) is 9.90. The number of carbonyl (C=O) groups excluding carboxylic acids is 3.